The van der Waals surface area contributed by atoms with E-state index in [0.29, 0.717) is 11.1 Å². The van der Waals surface area contributed by atoms with Crippen molar-refractivity contribution in [2.45, 2.75) is 19.4 Å². The Hall–Kier alpha value is -0.980. The molecule has 18 heavy (non-hydrogen) atoms. The van der Waals surface area contributed by atoms with Gasteiger partial charge in [-0.3, -0.25) is 4.79 Å². The van der Waals surface area contributed by atoms with Crippen LogP contribution >= 0.6 is 15.9 Å². The molecule has 0 saturated heterocycles. The van der Waals surface area contributed by atoms with Gasteiger partial charge in [-0.1, -0.05) is 6.07 Å². The van der Waals surface area contributed by atoms with E-state index in [2.05, 4.69) is 21.2 Å². The molecule has 1 aromatic carbocycles. The number of nitrogens with one attached hydrogen (secondary N) is 1. The minimum absolute atomic E-state index is 0.102. The highest BCUT2D eigenvalue weighted by Crippen LogP contribution is 2.25. The van der Waals surface area contributed by atoms with Crippen molar-refractivity contribution in [3.63, 3.8) is 0 Å². The lowest BCUT2D eigenvalue weighted by Crippen LogP contribution is -2.29. The summed E-state index contributed by atoms with van der Waals surface area (Å²) in [5.74, 6) is -0.817. The normalized spacial score (nSPS) is 12.2. The summed E-state index contributed by atoms with van der Waals surface area (Å²) >= 11 is 3.18. The third kappa shape index (κ3) is 4.36. The Morgan fingerprint density at radius 2 is 2.33 bits per heavy atom. The Morgan fingerprint density at radius 1 is 1.61 bits per heavy atom. The van der Waals surface area contributed by atoms with Crippen LogP contribution in [-0.2, 0) is 9.53 Å². The number of rotatable bonds is 6. The Bertz CT molecular complexity index is 395. The number of anilines is 1. The highest BCUT2D eigenvalue weighted by atomic mass is 79.9. The van der Waals surface area contributed by atoms with Gasteiger partial charge in [-0.25, -0.2) is 4.39 Å². The van der Waals surface area contributed by atoms with Gasteiger partial charge in [-0.05, 0) is 35.0 Å². The van der Waals surface area contributed by atoms with E-state index in [0.717, 1.165) is 0 Å². The third-order valence-electron chi connectivity index (χ3n) is 2.31. The number of carbonyl (C=O) groups excluding carboxylic acids is 1. The molecule has 0 bridgehead atoms. The number of benzene rings is 1. The molecule has 0 saturated carbocycles. The van der Waals surface area contributed by atoms with E-state index >= 15 is 0 Å². The number of amides is 1. The number of hydrogen-bond acceptors (Lipinski definition) is 3. The quantitative estimate of drug-likeness (QED) is 0.845. The maximum absolute atomic E-state index is 13.5. The first-order valence-electron chi connectivity index (χ1n) is 5.64. The van der Waals surface area contributed by atoms with E-state index in [4.69, 9.17) is 10.5 Å². The van der Waals surface area contributed by atoms with Crippen LogP contribution in [-0.4, -0.2) is 25.2 Å². The lowest BCUT2D eigenvalue weighted by Gasteiger charge is -2.15. The molecule has 0 aromatic heterocycles. The zero-order valence-corrected chi connectivity index (χ0v) is 11.7. The van der Waals surface area contributed by atoms with Gasteiger partial charge in [0.25, 0.3) is 0 Å². The molecule has 1 unspecified atom stereocenters. The molecule has 0 aliphatic heterocycles. The summed E-state index contributed by atoms with van der Waals surface area (Å²) in [6.45, 7) is 2.56. The topological polar surface area (TPSA) is 64.3 Å². The van der Waals surface area contributed by atoms with Crippen LogP contribution in [0.15, 0.2) is 22.7 Å². The predicted octanol–water partition coefficient (Wildman–Crippen LogP) is 2.28. The molecule has 1 atom stereocenters. The fourth-order valence-corrected chi connectivity index (χ4v) is 1.90. The zero-order chi connectivity index (χ0) is 13.5. The molecule has 0 spiro atoms. The van der Waals surface area contributed by atoms with E-state index in [1.807, 2.05) is 6.92 Å². The summed E-state index contributed by atoms with van der Waals surface area (Å²) in [6.07, 6.45) is -0.244. The summed E-state index contributed by atoms with van der Waals surface area (Å²) in [5, 5.41) is 2.51. The van der Waals surface area contributed by atoms with Crippen LogP contribution in [0.3, 0.4) is 0 Å². The van der Waals surface area contributed by atoms with Gasteiger partial charge in [-0.2, -0.15) is 0 Å². The molecule has 0 fully saturated rings. The van der Waals surface area contributed by atoms with Crippen molar-refractivity contribution in [2.75, 3.05) is 18.5 Å². The average molecular weight is 319 g/mol. The first-order chi connectivity index (χ1) is 8.58. The van der Waals surface area contributed by atoms with Crippen LogP contribution in [0.1, 0.15) is 13.3 Å². The molecule has 1 amide bonds. The van der Waals surface area contributed by atoms with Crippen molar-refractivity contribution < 1.29 is 13.9 Å². The summed E-state index contributed by atoms with van der Waals surface area (Å²) in [4.78, 5) is 11.7. The number of nitrogens with two attached hydrogens (primary N) is 1. The second-order valence-corrected chi connectivity index (χ2v) is 4.52. The molecule has 0 aliphatic rings. The minimum atomic E-state index is -0.488. The number of para-hydroxylation sites is 1. The molecular weight excluding hydrogens is 303 g/mol. The van der Waals surface area contributed by atoms with E-state index in [1.165, 1.54) is 6.07 Å². The Balaban J connectivity index is 2.64. The molecular formula is C12H16BrFN2O2. The number of carbonyl (C=O) groups is 1. The lowest BCUT2D eigenvalue weighted by atomic mass is 10.2. The van der Waals surface area contributed by atoms with E-state index in [-0.39, 0.29) is 30.7 Å². The molecule has 0 radical (unpaired) electrons. The van der Waals surface area contributed by atoms with Gasteiger partial charge in [0.1, 0.15) is 5.82 Å². The highest BCUT2D eigenvalue weighted by Gasteiger charge is 2.15. The largest absolute Gasteiger partial charge is 0.377 e. The summed E-state index contributed by atoms with van der Waals surface area (Å²) < 4.78 is 19.2. The maximum Gasteiger partial charge on any atom is 0.227 e. The fourth-order valence-electron chi connectivity index (χ4n) is 1.46. The SMILES string of the molecule is CCOC(CN)CC(=O)Nc1c(F)cccc1Br. The van der Waals surface area contributed by atoms with Crippen LogP contribution in [0, 0.1) is 5.82 Å². The predicted molar refractivity (Wildman–Crippen MR) is 71.8 cm³/mol. The number of ether oxygens (including phenoxy) is 1. The molecule has 1 rings (SSSR count). The lowest BCUT2D eigenvalue weighted by molar-refractivity contribution is -0.118. The van der Waals surface area contributed by atoms with Crippen molar-refractivity contribution in [1.29, 1.82) is 0 Å². The van der Waals surface area contributed by atoms with Crippen molar-refractivity contribution in [1.82, 2.24) is 0 Å². The molecule has 1 aromatic rings. The number of halogens is 2. The molecule has 6 heteroatoms. The second-order valence-electron chi connectivity index (χ2n) is 3.66. The fraction of sp³-hybridized carbons (Fsp3) is 0.417. The van der Waals surface area contributed by atoms with Gasteiger partial charge in [0.15, 0.2) is 0 Å². The summed E-state index contributed by atoms with van der Waals surface area (Å²) in [5.41, 5.74) is 5.61. The van der Waals surface area contributed by atoms with Gasteiger partial charge in [0.2, 0.25) is 5.91 Å². The van der Waals surface area contributed by atoms with Crippen molar-refractivity contribution in [3.05, 3.63) is 28.5 Å². The Morgan fingerprint density at radius 3 is 2.89 bits per heavy atom. The first kappa shape index (κ1) is 15.1. The molecule has 3 N–H and O–H groups in total. The monoisotopic (exact) mass is 318 g/mol. The number of hydrogen-bond donors (Lipinski definition) is 2. The zero-order valence-electron chi connectivity index (χ0n) is 10.1. The van der Waals surface area contributed by atoms with Crippen molar-refractivity contribution >= 4 is 27.5 Å². The smallest absolute Gasteiger partial charge is 0.227 e. The van der Waals surface area contributed by atoms with Crippen LogP contribution in [0.2, 0.25) is 0 Å². The van der Waals surface area contributed by atoms with E-state index in [1.54, 1.807) is 12.1 Å². The van der Waals surface area contributed by atoms with Crippen LogP contribution in [0.25, 0.3) is 0 Å². The first-order valence-corrected chi connectivity index (χ1v) is 6.43. The Labute approximate surface area is 114 Å². The van der Waals surface area contributed by atoms with Gasteiger partial charge in [-0.15, -0.1) is 0 Å². The average Bonchev–Trinajstić information content (AvgIpc) is 2.33. The van der Waals surface area contributed by atoms with Gasteiger partial charge in [0, 0.05) is 17.6 Å². The van der Waals surface area contributed by atoms with E-state index < -0.39 is 5.82 Å². The second kappa shape index (κ2) is 7.45. The van der Waals surface area contributed by atoms with Crippen molar-refractivity contribution in [3.8, 4) is 0 Å². The summed E-state index contributed by atoms with van der Waals surface area (Å²) in [6, 6.07) is 4.49. The summed E-state index contributed by atoms with van der Waals surface area (Å²) in [7, 11) is 0. The van der Waals surface area contributed by atoms with Gasteiger partial charge in [0.05, 0.1) is 18.2 Å². The highest BCUT2D eigenvalue weighted by molar-refractivity contribution is 9.10. The van der Waals surface area contributed by atoms with Crippen LogP contribution < -0.4 is 11.1 Å². The van der Waals surface area contributed by atoms with Gasteiger partial charge >= 0.3 is 0 Å². The molecule has 4 nitrogen and oxygen atoms in total. The van der Waals surface area contributed by atoms with Gasteiger partial charge < -0.3 is 15.8 Å². The van der Waals surface area contributed by atoms with Crippen LogP contribution in [0.5, 0.6) is 0 Å². The van der Waals surface area contributed by atoms with Crippen molar-refractivity contribution in [2.24, 2.45) is 5.73 Å². The molecule has 0 heterocycles. The molecule has 100 valence electrons. The standard InChI is InChI=1S/C12H16BrFN2O2/c1-2-18-8(7-15)6-11(17)16-12-9(13)4-3-5-10(12)14/h3-5,8H,2,6-7,15H2,1H3,(H,16,17). The third-order valence-corrected chi connectivity index (χ3v) is 2.97. The maximum atomic E-state index is 13.5. The minimum Gasteiger partial charge on any atom is -0.377 e. The Kier molecular flexibility index (Phi) is 6.24. The molecule has 0 aliphatic carbocycles. The van der Waals surface area contributed by atoms with E-state index in [9.17, 15) is 9.18 Å². The van der Waals surface area contributed by atoms with Crippen LogP contribution in [0.4, 0.5) is 10.1 Å².